The van der Waals surface area contributed by atoms with Crippen molar-refractivity contribution in [2.45, 2.75) is 6.92 Å². The number of hydrogen-bond acceptors (Lipinski definition) is 13. The first kappa shape index (κ1) is 21.4. The van der Waals surface area contributed by atoms with Gasteiger partial charge in [-0.2, -0.15) is 0 Å². The normalized spacial score (nSPS) is 16.6. The maximum absolute atomic E-state index is 11.3. The Morgan fingerprint density at radius 3 is 1.77 bits per heavy atom. The van der Waals surface area contributed by atoms with Crippen molar-refractivity contribution < 1.29 is 37.7 Å². The third-order valence-corrected chi connectivity index (χ3v) is 4.02. The van der Waals surface area contributed by atoms with Crippen LogP contribution in [0.15, 0.2) is 8.83 Å². The minimum atomic E-state index is -1.21. The minimum Gasteiger partial charge on any atom is -0.474 e. The Balaban J connectivity index is 0.000000172. The molecular weight excluding hydrogens is 404 g/mol. The lowest BCUT2D eigenvalue weighted by molar-refractivity contribution is 0.0480. The van der Waals surface area contributed by atoms with Crippen LogP contribution in [0.25, 0.3) is 0 Å². The van der Waals surface area contributed by atoms with E-state index in [0.29, 0.717) is 58.6 Å². The molecule has 14 heteroatoms. The van der Waals surface area contributed by atoms with Crippen LogP contribution in [-0.4, -0.2) is 96.7 Å². The van der Waals surface area contributed by atoms with Crippen LogP contribution in [0.1, 0.15) is 28.3 Å². The van der Waals surface area contributed by atoms with Crippen LogP contribution >= 0.6 is 0 Å². The summed E-state index contributed by atoms with van der Waals surface area (Å²) >= 11 is 0. The van der Waals surface area contributed by atoms with Gasteiger partial charge in [0.25, 0.3) is 0 Å². The second kappa shape index (κ2) is 10.5. The number of rotatable bonds is 5. The fourth-order valence-electron chi connectivity index (χ4n) is 2.56. The summed E-state index contributed by atoms with van der Waals surface area (Å²) in [5, 5.41) is 23.0. The molecule has 0 aromatic carbocycles. The number of aromatic carboxylic acids is 1. The molecule has 1 N–H and O–H groups in total. The van der Waals surface area contributed by atoms with Crippen LogP contribution in [-0.2, 0) is 14.2 Å². The number of morpholine rings is 2. The molecule has 0 amide bonds. The summed E-state index contributed by atoms with van der Waals surface area (Å²) < 4.78 is 25.2. The number of hydrogen-bond donors (Lipinski definition) is 1. The molecule has 30 heavy (non-hydrogen) atoms. The Bertz CT molecular complexity index is 827. The number of nitrogens with zero attached hydrogens (tertiary/aromatic N) is 6. The van der Waals surface area contributed by atoms with Crippen LogP contribution in [0.5, 0.6) is 0 Å². The van der Waals surface area contributed by atoms with Gasteiger partial charge in [0.15, 0.2) is 0 Å². The molecule has 2 aromatic rings. The van der Waals surface area contributed by atoms with Gasteiger partial charge in [-0.25, -0.2) is 9.59 Å². The van der Waals surface area contributed by atoms with Crippen molar-refractivity contribution in [1.82, 2.24) is 20.4 Å². The third-order valence-electron chi connectivity index (χ3n) is 4.02. The summed E-state index contributed by atoms with van der Waals surface area (Å²) in [5.74, 6) is -2.29. The third kappa shape index (κ3) is 5.64. The maximum Gasteiger partial charge on any atom is 0.396 e. The monoisotopic (exact) mass is 426 g/mol. The summed E-state index contributed by atoms with van der Waals surface area (Å²) in [6, 6.07) is 0.581. The van der Waals surface area contributed by atoms with Gasteiger partial charge < -0.3 is 38.0 Å². The molecule has 2 saturated heterocycles. The fraction of sp³-hybridized carbons (Fsp3) is 0.625. The highest BCUT2D eigenvalue weighted by atomic mass is 16.5. The predicted octanol–water partition coefficient (Wildman–Crippen LogP) is -0.313. The van der Waals surface area contributed by atoms with E-state index in [1.54, 1.807) is 11.8 Å². The highest BCUT2D eigenvalue weighted by Gasteiger charge is 2.21. The summed E-state index contributed by atoms with van der Waals surface area (Å²) in [7, 11) is 0. The molecule has 2 aromatic heterocycles. The Kier molecular flexibility index (Phi) is 7.51. The SMILES string of the molecule is CCOC(=O)c1nnc(N2CCOCC2)o1.O=C(O)c1nnc(N2CCOCC2)o1. The smallest absolute Gasteiger partial charge is 0.396 e. The van der Waals surface area contributed by atoms with E-state index < -0.39 is 11.9 Å². The van der Waals surface area contributed by atoms with Crippen molar-refractivity contribution in [2.75, 3.05) is 69.0 Å². The summed E-state index contributed by atoms with van der Waals surface area (Å²) in [5.41, 5.74) is 0. The Hall–Kier alpha value is -3.26. The molecule has 0 saturated carbocycles. The highest BCUT2D eigenvalue weighted by molar-refractivity contribution is 5.84. The lowest BCUT2D eigenvalue weighted by Crippen LogP contribution is -2.36. The molecule has 2 aliphatic rings. The van der Waals surface area contributed by atoms with Crippen molar-refractivity contribution in [3.05, 3.63) is 11.8 Å². The zero-order valence-corrected chi connectivity index (χ0v) is 16.4. The summed E-state index contributed by atoms with van der Waals surface area (Å²) in [6.45, 7) is 7.08. The molecule has 4 heterocycles. The first-order valence-corrected chi connectivity index (χ1v) is 9.31. The number of carbonyl (C=O) groups is 2. The maximum atomic E-state index is 11.3. The van der Waals surface area contributed by atoms with Gasteiger partial charge in [0, 0.05) is 26.2 Å². The Labute approximate surface area is 170 Å². The Morgan fingerprint density at radius 2 is 1.33 bits per heavy atom. The Morgan fingerprint density at radius 1 is 0.867 bits per heavy atom. The van der Waals surface area contributed by atoms with Crippen LogP contribution in [0.3, 0.4) is 0 Å². The zero-order chi connectivity index (χ0) is 21.3. The molecule has 2 fully saturated rings. The van der Waals surface area contributed by atoms with Crippen molar-refractivity contribution in [2.24, 2.45) is 0 Å². The van der Waals surface area contributed by atoms with Crippen LogP contribution in [0.2, 0.25) is 0 Å². The number of carboxylic acid groups (broad SMARTS) is 1. The summed E-state index contributed by atoms with van der Waals surface area (Å²) in [6.07, 6.45) is 0. The molecule has 0 aliphatic carbocycles. The van der Waals surface area contributed by atoms with Gasteiger partial charge in [-0.3, -0.25) is 0 Å². The second-order valence-corrected chi connectivity index (χ2v) is 6.00. The molecule has 4 rings (SSSR count). The molecule has 0 unspecified atom stereocenters. The lowest BCUT2D eigenvalue weighted by atomic mass is 10.5. The molecule has 164 valence electrons. The highest BCUT2D eigenvalue weighted by Crippen LogP contribution is 2.14. The molecule has 0 bridgehead atoms. The van der Waals surface area contributed by atoms with Crippen LogP contribution in [0.4, 0.5) is 12.0 Å². The van der Waals surface area contributed by atoms with E-state index in [2.05, 4.69) is 20.4 Å². The van der Waals surface area contributed by atoms with E-state index in [4.69, 9.17) is 28.2 Å². The second-order valence-electron chi connectivity index (χ2n) is 6.00. The predicted molar refractivity (Wildman–Crippen MR) is 97.6 cm³/mol. The van der Waals surface area contributed by atoms with Gasteiger partial charge >= 0.3 is 35.7 Å². The van der Waals surface area contributed by atoms with Gasteiger partial charge in [0.2, 0.25) is 0 Å². The van der Waals surface area contributed by atoms with Crippen molar-refractivity contribution >= 4 is 24.0 Å². The number of carbonyl (C=O) groups excluding carboxylic acids is 1. The van der Waals surface area contributed by atoms with E-state index >= 15 is 0 Å². The van der Waals surface area contributed by atoms with Gasteiger partial charge in [0.1, 0.15) is 0 Å². The van der Waals surface area contributed by atoms with E-state index in [0.717, 1.165) is 0 Å². The quantitative estimate of drug-likeness (QED) is 0.618. The van der Waals surface area contributed by atoms with Gasteiger partial charge in [0.05, 0.1) is 33.0 Å². The number of esters is 1. The first-order chi connectivity index (χ1) is 14.6. The molecular formula is C16H22N6O8. The number of carboxylic acids is 1. The van der Waals surface area contributed by atoms with Crippen molar-refractivity contribution in [1.29, 1.82) is 0 Å². The van der Waals surface area contributed by atoms with Crippen molar-refractivity contribution in [3.63, 3.8) is 0 Å². The molecule has 2 aliphatic heterocycles. The fourth-order valence-corrected chi connectivity index (χ4v) is 2.56. The van der Waals surface area contributed by atoms with E-state index in [-0.39, 0.29) is 24.4 Å². The van der Waals surface area contributed by atoms with Crippen molar-refractivity contribution in [3.8, 4) is 0 Å². The standard InChI is InChI=1S/C9H13N3O4.C7H9N3O4/c1-2-15-8(13)7-10-11-9(16-7)12-3-5-14-6-4-12;11-6(12)5-8-9-7(14-5)10-1-3-13-4-2-10/h2-6H2,1H3;1-4H2,(H,11,12). The van der Waals surface area contributed by atoms with Crippen LogP contribution < -0.4 is 9.80 Å². The molecule has 0 atom stereocenters. The lowest BCUT2D eigenvalue weighted by Gasteiger charge is -2.24. The number of aromatic nitrogens is 4. The average molecular weight is 426 g/mol. The molecule has 0 spiro atoms. The first-order valence-electron chi connectivity index (χ1n) is 9.31. The molecule has 14 nitrogen and oxygen atoms in total. The van der Waals surface area contributed by atoms with Gasteiger partial charge in [-0.05, 0) is 6.92 Å². The van der Waals surface area contributed by atoms with Gasteiger partial charge in [-0.1, -0.05) is 20.4 Å². The van der Waals surface area contributed by atoms with Crippen LogP contribution in [0, 0.1) is 0 Å². The van der Waals surface area contributed by atoms with E-state index in [9.17, 15) is 9.59 Å². The molecule has 0 radical (unpaired) electrons. The number of ether oxygens (including phenoxy) is 3. The largest absolute Gasteiger partial charge is 0.474 e. The number of anilines is 2. The average Bonchev–Trinajstić information content (AvgIpc) is 3.46. The minimum absolute atomic E-state index is 0.108. The zero-order valence-electron chi connectivity index (χ0n) is 16.4. The van der Waals surface area contributed by atoms with E-state index in [1.165, 1.54) is 0 Å². The summed E-state index contributed by atoms with van der Waals surface area (Å²) in [4.78, 5) is 25.4. The van der Waals surface area contributed by atoms with E-state index in [1.807, 2.05) is 4.90 Å². The topological polar surface area (TPSA) is 166 Å². The van der Waals surface area contributed by atoms with Gasteiger partial charge in [-0.15, -0.1) is 0 Å².